The van der Waals surface area contributed by atoms with Gasteiger partial charge in [0.15, 0.2) is 7.28 Å². The maximum atomic E-state index is 6.63. The minimum atomic E-state index is -0.0551. The molecule has 0 saturated carbocycles. The third-order valence-electron chi connectivity index (χ3n) is 13.9. The number of benzene rings is 9. The molecule has 0 atom stereocenters. The molecule has 0 saturated heterocycles. The Morgan fingerprint density at radius 1 is 0.441 bits per heavy atom. The SMILES string of the molecule is Cc1cccc(C)c1-c1cc(-c2ccc(-c3ccccc3)cc2Nc2ccc(C(C)(C)C)cc2)c2c(c1)N(c1ccc(C(C)(C)C)cc1-c1ccccc1)c1ccc3oc4ccccc4c3c1[B]2. The van der Waals surface area contributed by atoms with E-state index in [9.17, 15) is 0 Å². The molecule has 2 heterocycles. The highest BCUT2D eigenvalue weighted by molar-refractivity contribution is 6.76. The molecular weight excluding hydrogens is 824 g/mol. The smallest absolute Gasteiger partial charge is 0.198 e. The Balaban J connectivity index is 1.24. The van der Waals surface area contributed by atoms with E-state index in [1.807, 2.05) is 0 Å². The molecule has 1 N–H and O–H groups in total. The third kappa shape index (κ3) is 7.68. The molecule has 10 aromatic rings. The summed E-state index contributed by atoms with van der Waals surface area (Å²) in [5.74, 6) is 0. The van der Waals surface area contributed by atoms with Crippen LogP contribution in [0.4, 0.5) is 28.4 Å². The van der Waals surface area contributed by atoms with Crippen LogP contribution < -0.4 is 21.1 Å². The van der Waals surface area contributed by atoms with Gasteiger partial charge in [0.1, 0.15) is 11.2 Å². The number of fused-ring (bicyclic) bond motifs is 6. The predicted octanol–water partition coefficient (Wildman–Crippen LogP) is 16.6. The molecule has 3 nitrogen and oxygen atoms in total. The summed E-state index contributed by atoms with van der Waals surface area (Å²) in [4.78, 5) is 2.54. The van der Waals surface area contributed by atoms with Crippen LogP contribution in [-0.2, 0) is 10.8 Å². The lowest BCUT2D eigenvalue weighted by Crippen LogP contribution is -2.41. The van der Waals surface area contributed by atoms with Gasteiger partial charge in [-0.1, -0.05) is 169 Å². The molecule has 1 radical (unpaired) electrons. The molecule has 4 heteroatoms. The second-order valence-electron chi connectivity index (χ2n) is 20.6. The average molecular weight is 880 g/mol. The molecule has 0 spiro atoms. The molecule has 0 amide bonds. The number of anilines is 5. The number of nitrogens with zero attached hydrogens (tertiary/aromatic N) is 1. The summed E-state index contributed by atoms with van der Waals surface area (Å²) >= 11 is 0. The van der Waals surface area contributed by atoms with Gasteiger partial charge >= 0.3 is 0 Å². The van der Waals surface area contributed by atoms with Crippen molar-refractivity contribution in [1.82, 2.24) is 0 Å². The Bertz CT molecular complexity index is 3520. The Labute approximate surface area is 402 Å². The van der Waals surface area contributed by atoms with Gasteiger partial charge in [0.05, 0.1) is 5.69 Å². The molecular formula is C64H56BN2O. The van der Waals surface area contributed by atoms with E-state index in [0.717, 1.165) is 78.0 Å². The number of aryl methyl sites for hydroxylation is 2. The Morgan fingerprint density at radius 3 is 1.79 bits per heavy atom. The van der Waals surface area contributed by atoms with Crippen LogP contribution in [0.25, 0.3) is 66.4 Å². The lowest BCUT2D eigenvalue weighted by Gasteiger charge is -2.37. The maximum Gasteiger partial charge on any atom is 0.198 e. The van der Waals surface area contributed by atoms with Crippen molar-refractivity contribution in [3.8, 4) is 44.5 Å². The van der Waals surface area contributed by atoms with E-state index >= 15 is 0 Å². The molecule has 0 aliphatic carbocycles. The fourth-order valence-electron chi connectivity index (χ4n) is 10.3. The van der Waals surface area contributed by atoms with Crippen molar-refractivity contribution < 1.29 is 4.42 Å². The summed E-state index contributed by atoms with van der Waals surface area (Å²) in [6.45, 7) is 18.2. The first-order valence-electron chi connectivity index (χ1n) is 23.9. The van der Waals surface area contributed by atoms with Crippen LogP contribution in [0.5, 0.6) is 0 Å². The normalized spacial score (nSPS) is 12.5. The molecule has 331 valence electrons. The molecule has 9 aromatic carbocycles. The van der Waals surface area contributed by atoms with Crippen molar-refractivity contribution in [1.29, 1.82) is 0 Å². The van der Waals surface area contributed by atoms with Crippen molar-refractivity contribution in [3.05, 3.63) is 210 Å². The largest absolute Gasteiger partial charge is 0.456 e. The van der Waals surface area contributed by atoms with Crippen LogP contribution in [0.2, 0.25) is 0 Å². The number of hydrogen-bond donors (Lipinski definition) is 1. The fraction of sp³-hybridized carbons (Fsp3) is 0.156. The van der Waals surface area contributed by atoms with Gasteiger partial charge in [-0.3, -0.25) is 0 Å². The van der Waals surface area contributed by atoms with Gasteiger partial charge in [-0.05, 0) is 152 Å². The van der Waals surface area contributed by atoms with E-state index < -0.39 is 0 Å². The second-order valence-corrected chi connectivity index (χ2v) is 20.6. The minimum Gasteiger partial charge on any atom is -0.456 e. The second kappa shape index (κ2) is 16.6. The van der Waals surface area contributed by atoms with Crippen LogP contribution in [0, 0.1) is 13.8 Å². The molecule has 0 bridgehead atoms. The standard InChI is InChI=1S/C64H56BN2O/c1-40-18-17-19-41(2)59(40)45-36-52(49-32-26-44(42-20-11-9-12-21-42)37-53(49)66-48-30-27-46(28-31-48)63(3,4)5)61-56(38-45)67(54-33-29-47(64(6,7)8)39-51(54)43-22-13-10-14-23-43)55-34-35-58-60(62(55)65-61)50-24-15-16-25-57(50)68-58/h9-39,66H,1-8H3. The highest BCUT2D eigenvalue weighted by atomic mass is 16.3. The summed E-state index contributed by atoms with van der Waals surface area (Å²) in [7, 11) is 2.44. The van der Waals surface area contributed by atoms with Gasteiger partial charge in [0.25, 0.3) is 0 Å². The third-order valence-corrected chi connectivity index (χ3v) is 13.9. The van der Waals surface area contributed by atoms with Crippen LogP contribution in [0.15, 0.2) is 192 Å². The highest BCUT2D eigenvalue weighted by Crippen LogP contribution is 2.48. The Morgan fingerprint density at radius 2 is 1.09 bits per heavy atom. The van der Waals surface area contributed by atoms with Crippen molar-refractivity contribution in [2.24, 2.45) is 0 Å². The van der Waals surface area contributed by atoms with E-state index in [1.54, 1.807) is 0 Å². The van der Waals surface area contributed by atoms with E-state index in [-0.39, 0.29) is 10.8 Å². The minimum absolute atomic E-state index is 0.0429. The van der Waals surface area contributed by atoms with Crippen LogP contribution in [0.3, 0.4) is 0 Å². The lowest BCUT2D eigenvalue weighted by atomic mass is 9.56. The lowest BCUT2D eigenvalue weighted by molar-refractivity contribution is 0.590. The number of nitrogens with one attached hydrogen (secondary N) is 1. The molecule has 68 heavy (non-hydrogen) atoms. The van der Waals surface area contributed by atoms with E-state index in [4.69, 9.17) is 4.42 Å². The number of rotatable bonds is 7. The van der Waals surface area contributed by atoms with Crippen molar-refractivity contribution in [2.75, 3.05) is 10.2 Å². The van der Waals surface area contributed by atoms with Gasteiger partial charge < -0.3 is 14.6 Å². The summed E-state index contributed by atoms with van der Waals surface area (Å²) < 4.78 is 6.63. The van der Waals surface area contributed by atoms with E-state index in [1.165, 1.54) is 50.1 Å². The van der Waals surface area contributed by atoms with Crippen LogP contribution in [-0.4, -0.2) is 7.28 Å². The molecule has 0 unspecified atom stereocenters. The van der Waals surface area contributed by atoms with Crippen molar-refractivity contribution >= 4 is 68.6 Å². The first-order valence-corrected chi connectivity index (χ1v) is 23.9. The predicted molar refractivity (Wildman–Crippen MR) is 292 cm³/mol. The Hall–Kier alpha value is -7.56. The monoisotopic (exact) mass is 879 g/mol. The first kappa shape index (κ1) is 43.0. The van der Waals surface area contributed by atoms with Gasteiger partial charge in [0, 0.05) is 44.6 Å². The average Bonchev–Trinajstić information content (AvgIpc) is 3.72. The zero-order chi connectivity index (χ0) is 46.9. The Kier molecular flexibility index (Phi) is 10.5. The van der Waals surface area contributed by atoms with Crippen molar-refractivity contribution in [3.63, 3.8) is 0 Å². The number of furan rings is 1. The van der Waals surface area contributed by atoms with Gasteiger partial charge in [-0.2, -0.15) is 0 Å². The number of hydrogen-bond acceptors (Lipinski definition) is 3. The van der Waals surface area contributed by atoms with Crippen molar-refractivity contribution in [2.45, 2.75) is 66.2 Å². The molecule has 1 aliphatic heterocycles. The molecule has 1 aromatic heterocycles. The first-order chi connectivity index (χ1) is 32.8. The summed E-state index contributed by atoms with van der Waals surface area (Å²) in [5.41, 5.74) is 23.9. The molecule has 0 fully saturated rings. The van der Waals surface area contributed by atoms with Crippen LogP contribution in [0.1, 0.15) is 63.8 Å². The van der Waals surface area contributed by atoms with Gasteiger partial charge in [-0.25, -0.2) is 0 Å². The summed E-state index contributed by atoms with van der Waals surface area (Å²) in [6.07, 6.45) is 0. The zero-order valence-electron chi connectivity index (χ0n) is 40.3. The highest BCUT2D eigenvalue weighted by Gasteiger charge is 2.33. The van der Waals surface area contributed by atoms with E-state index in [0.29, 0.717) is 0 Å². The van der Waals surface area contributed by atoms with E-state index in [2.05, 4.69) is 261 Å². The fourth-order valence-corrected chi connectivity index (χ4v) is 10.3. The van der Waals surface area contributed by atoms with Gasteiger partial charge in [-0.15, -0.1) is 0 Å². The summed E-state index contributed by atoms with van der Waals surface area (Å²) in [6, 6.07) is 69.0. The van der Waals surface area contributed by atoms with Crippen LogP contribution >= 0.6 is 0 Å². The van der Waals surface area contributed by atoms with Gasteiger partial charge in [0.2, 0.25) is 0 Å². The molecule has 11 rings (SSSR count). The quantitative estimate of drug-likeness (QED) is 0.162. The summed E-state index contributed by atoms with van der Waals surface area (Å²) in [5, 5.41) is 6.19. The number of para-hydroxylation sites is 1. The maximum absolute atomic E-state index is 6.63. The molecule has 1 aliphatic rings. The zero-order valence-corrected chi connectivity index (χ0v) is 40.3. The topological polar surface area (TPSA) is 28.4 Å².